The van der Waals surface area contributed by atoms with Crippen molar-refractivity contribution in [2.24, 2.45) is 0 Å². The molecule has 33 heavy (non-hydrogen) atoms. The zero-order chi connectivity index (χ0) is 23.5. The molecule has 3 heterocycles. The molecular formula is C23H26ClN5O4. The van der Waals surface area contributed by atoms with E-state index in [1.54, 1.807) is 4.90 Å². The number of ether oxygens (including phenoxy) is 1. The van der Waals surface area contributed by atoms with Crippen LogP contribution in [0.3, 0.4) is 0 Å². The van der Waals surface area contributed by atoms with Gasteiger partial charge >= 0.3 is 0 Å². The molecule has 0 spiro atoms. The van der Waals surface area contributed by atoms with Gasteiger partial charge in [-0.2, -0.15) is 0 Å². The van der Waals surface area contributed by atoms with Crippen molar-refractivity contribution in [3.63, 3.8) is 0 Å². The van der Waals surface area contributed by atoms with Crippen molar-refractivity contribution >= 4 is 35.3 Å². The zero-order valence-electron chi connectivity index (χ0n) is 18.7. The van der Waals surface area contributed by atoms with Gasteiger partial charge in [-0.1, -0.05) is 23.7 Å². The number of halogens is 1. The molecule has 9 nitrogen and oxygen atoms in total. The van der Waals surface area contributed by atoms with Crippen LogP contribution < -0.4 is 4.90 Å². The number of anilines is 1. The summed E-state index contributed by atoms with van der Waals surface area (Å²) in [6.07, 6.45) is 3.47. The smallest absolute Gasteiger partial charge is 0.255 e. The summed E-state index contributed by atoms with van der Waals surface area (Å²) in [5, 5.41) is 0.646. The lowest BCUT2D eigenvalue weighted by atomic mass is 9.90. The molecule has 2 fully saturated rings. The van der Waals surface area contributed by atoms with Crippen LogP contribution in [-0.4, -0.2) is 84.4 Å². The highest BCUT2D eigenvalue weighted by Gasteiger charge is 2.33. The number of carbonyl (C=O) groups is 3. The van der Waals surface area contributed by atoms with Gasteiger partial charge in [0.1, 0.15) is 19.8 Å². The third-order valence-electron chi connectivity index (χ3n) is 5.87. The number of benzene rings is 1. The van der Waals surface area contributed by atoms with E-state index in [2.05, 4.69) is 4.98 Å². The maximum Gasteiger partial charge on any atom is 0.255 e. The normalized spacial score (nSPS) is 19.1. The Morgan fingerprint density at radius 2 is 1.88 bits per heavy atom. The Bertz CT molecular complexity index is 1040. The summed E-state index contributed by atoms with van der Waals surface area (Å²) in [7, 11) is 3.77. The largest absolute Gasteiger partial charge is 0.362 e. The van der Waals surface area contributed by atoms with Crippen molar-refractivity contribution in [2.45, 2.75) is 18.8 Å². The third kappa shape index (κ3) is 5.15. The average Bonchev–Trinajstić information content (AvgIpc) is 2.81. The van der Waals surface area contributed by atoms with Crippen LogP contribution in [0.15, 0.2) is 30.5 Å². The van der Waals surface area contributed by atoms with Gasteiger partial charge in [0.15, 0.2) is 0 Å². The number of amides is 3. The van der Waals surface area contributed by atoms with Gasteiger partial charge in [-0.05, 0) is 30.5 Å². The average molecular weight is 472 g/mol. The highest BCUT2D eigenvalue weighted by Crippen LogP contribution is 2.34. The first-order valence-electron chi connectivity index (χ1n) is 10.8. The number of hydrogen-bond donors (Lipinski definition) is 0. The zero-order valence-corrected chi connectivity index (χ0v) is 19.4. The second-order valence-corrected chi connectivity index (χ2v) is 8.85. The van der Waals surface area contributed by atoms with Crippen LogP contribution in [0.25, 0.3) is 11.1 Å². The first-order chi connectivity index (χ1) is 15.8. The number of nitrogens with zero attached hydrogens (tertiary/aromatic N) is 5. The molecule has 3 amide bonds. The minimum absolute atomic E-state index is 0.00818. The Kier molecular flexibility index (Phi) is 6.90. The number of aromatic nitrogens is 2. The number of imide groups is 1. The van der Waals surface area contributed by atoms with Crippen LogP contribution in [-0.2, 0) is 19.1 Å². The highest BCUT2D eigenvalue weighted by molar-refractivity contribution is 6.30. The summed E-state index contributed by atoms with van der Waals surface area (Å²) in [6.45, 7) is 0.408. The van der Waals surface area contributed by atoms with Gasteiger partial charge in [0.2, 0.25) is 11.9 Å². The van der Waals surface area contributed by atoms with Crippen molar-refractivity contribution in [3.8, 4) is 11.1 Å². The van der Waals surface area contributed by atoms with Crippen molar-refractivity contribution in [2.75, 3.05) is 51.8 Å². The van der Waals surface area contributed by atoms with Crippen LogP contribution in [0.5, 0.6) is 0 Å². The Labute approximate surface area is 197 Å². The van der Waals surface area contributed by atoms with Gasteiger partial charge in [-0.25, -0.2) is 9.97 Å². The molecule has 0 unspecified atom stereocenters. The monoisotopic (exact) mass is 471 g/mol. The molecule has 0 N–H and O–H groups in total. The number of likely N-dealkylation sites (tertiary alicyclic amines) is 1. The van der Waals surface area contributed by atoms with Crippen molar-refractivity contribution in [3.05, 3.63) is 41.2 Å². The van der Waals surface area contributed by atoms with Gasteiger partial charge in [0, 0.05) is 49.9 Å². The minimum Gasteiger partial charge on any atom is -0.362 e. The van der Waals surface area contributed by atoms with Crippen LogP contribution in [0.1, 0.15) is 24.5 Å². The fraction of sp³-hybridized carbons (Fsp3) is 0.435. The van der Waals surface area contributed by atoms with E-state index in [0.717, 1.165) is 34.6 Å². The van der Waals surface area contributed by atoms with Gasteiger partial charge in [-0.15, -0.1) is 0 Å². The summed E-state index contributed by atoms with van der Waals surface area (Å²) in [4.78, 5) is 50.9. The Balaban J connectivity index is 1.58. The lowest BCUT2D eigenvalue weighted by molar-refractivity contribution is -0.161. The molecule has 0 radical (unpaired) electrons. The molecular weight excluding hydrogens is 446 g/mol. The molecule has 0 bridgehead atoms. The molecule has 2 aliphatic rings. The predicted molar refractivity (Wildman–Crippen MR) is 123 cm³/mol. The van der Waals surface area contributed by atoms with E-state index in [4.69, 9.17) is 21.3 Å². The van der Waals surface area contributed by atoms with Crippen LogP contribution >= 0.6 is 11.6 Å². The van der Waals surface area contributed by atoms with Gasteiger partial charge < -0.3 is 14.5 Å². The van der Waals surface area contributed by atoms with Crippen molar-refractivity contribution in [1.29, 1.82) is 0 Å². The number of rotatable bonds is 5. The molecule has 2 saturated heterocycles. The Morgan fingerprint density at radius 3 is 2.55 bits per heavy atom. The maximum atomic E-state index is 13.0. The van der Waals surface area contributed by atoms with Gasteiger partial charge in [0.05, 0.1) is 5.69 Å². The summed E-state index contributed by atoms with van der Waals surface area (Å²) in [6, 6.07) is 7.52. The quantitative estimate of drug-likeness (QED) is 0.615. The molecule has 1 aromatic heterocycles. The second kappa shape index (κ2) is 9.84. The van der Waals surface area contributed by atoms with E-state index in [9.17, 15) is 14.4 Å². The fourth-order valence-corrected chi connectivity index (χ4v) is 4.25. The topological polar surface area (TPSA) is 95.9 Å². The Hall–Kier alpha value is -3.04. The molecule has 2 aliphatic heterocycles. The summed E-state index contributed by atoms with van der Waals surface area (Å²) < 4.78 is 4.93. The van der Waals surface area contributed by atoms with Crippen LogP contribution in [0.4, 0.5) is 5.95 Å². The molecule has 1 aromatic carbocycles. The van der Waals surface area contributed by atoms with Gasteiger partial charge in [0.25, 0.3) is 11.8 Å². The lowest BCUT2D eigenvalue weighted by Crippen LogP contribution is -2.52. The number of hydrogen-bond acceptors (Lipinski definition) is 7. The highest BCUT2D eigenvalue weighted by atomic mass is 35.5. The summed E-state index contributed by atoms with van der Waals surface area (Å²) >= 11 is 6.07. The third-order valence-corrected chi connectivity index (χ3v) is 6.12. The molecule has 2 aromatic rings. The first-order valence-corrected chi connectivity index (χ1v) is 11.2. The standard InChI is InChI=1S/C23H26ClN5O4/c1-27(2)23-25-10-18(15-5-7-17(24)8-6-15)22(26-23)16-4-3-9-28(11-16)19(30)12-29-20(31)13-33-14-21(29)32/h5-8,10,16H,3-4,9,11-14H2,1-2H3/t16-/m0/s1. The predicted octanol–water partition coefficient (Wildman–Crippen LogP) is 1.95. The van der Waals surface area contributed by atoms with E-state index in [0.29, 0.717) is 24.1 Å². The summed E-state index contributed by atoms with van der Waals surface area (Å²) in [5.41, 5.74) is 2.72. The van der Waals surface area contributed by atoms with E-state index in [-0.39, 0.29) is 31.6 Å². The van der Waals surface area contributed by atoms with Gasteiger partial charge in [-0.3, -0.25) is 19.3 Å². The van der Waals surface area contributed by atoms with E-state index in [1.807, 2.05) is 49.5 Å². The van der Waals surface area contributed by atoms with Crippen molar-refractivity contribution in [1.82, 2.24) is 19.8 Å². The molecule has 174 valence electrons. The van der Waals surface area contributed by atoms with E-state index >= 15 is 0 Å². The van der Waals surface area contributed by atoms with E-state index in [1.165, 1.54) is 0 Å². The van der Waals surface area contributed by atoms with Crippen LogP contribution in [0, 0.1) is 0 Å². The number of morpholine rings is 1. The lowest BCUT2D eigenvalue weighted by Gasteiger charge is -2.35. The number of carbonyl (C=O) groups excluding carboxylic acids is 3. The SMILES string of the molecule is CN(C)c1ncc(-c2ccc(Cl)cc2)c([C@H]2CCCN(C(=O)CN3C(=O)COCC3=O)C2)n1. The minimum atomic E-state index is -0.482. The molecule has 1 atom stereocenters. The first kappa shape index (κ1) is 23.1. The van der Waals surface area contributed by atoms with Crippen LogP contribution in [0.2, 0.25) is 5.02 Å². The molecule has 10 heteroatoms. The molecule has 0 saturated carbocycles. The fourth-order valence-electron chi connectivity index (χ4n) is 4.12. The van der Waals surface area contributed by atoms with Crippen molar-refractivity contribution < 1.29 is 19.1 Å². The second-order valence-electron chi connectivity index (χ2n) is 8.42. The molecule has 4 rings (SSSR count). The maximum absolute atomic E-state index is 13.0. The molecule has 0 aliphatic carbocycles. The summed E-state index contributed by atoms with van der Waals surface area (Å²) in [5.74, 6) is -0.630. The van der Waals surface area contributed by atoms with E-state index < -0.39 is 11.8 Å². The Morgan fingerprint density at radius 1 is 1.18 bits per heavy atom. The number of piperidine rings is 1.